The Bertz CT molecular complexity index is 291. The molecule has 1 aliphatic rings. The lowest BCUT2D eigenvalue weighted by Gasteiger charge is -2.35. The second kappa shape index (κ2) is 6.47. The summed E-state index contributed by atoms with van der Waals surface area (Å²) in [6.07, 6.45) is 4.74. The van der Waals surface area contributed by atoms with Crippen LogP contribution in [0.2, 0.25) is 0 Å². The third-order valence-corrected chi connectivity index (χ3v) is 3.43. The van der Waals surface area contributed by atoms with Crippen LogP contribution >= 0.6 is 0 Å². The number of carbonyl (C=O) groups is 1. The molecule has 1 aliphatic heterocycles. The summed E-state index contributed by atoms with van der Waals surface area (Å²) in [5, 5.41) is 11.7. The largest absolute Gasteiger partial charge is 0.409 e. The Morgan fingerprint density at radius 2 is 2.29 bits per heavy atom. The predicted octanol–water partition coefficient (Wildman–Crippen LogP) is 1.55. The molecule has 0 spiro atoms. The van der Waals surface area contributed by atoms with E-state index < -0.39 is 5.92 Å². The summed E-state index contributed by atoms with van der Waals surface area (Å²) in [6, 6.07) is 0.266. The number of rotatable bonds is 4. The van der Waals surface area contributed by atoms with E-state index in [-0.39, 0.29) is 17.8 Å². The first-order valence-electron chi connectivity index (χ1n) is 6.39. The second-order valence-electron chi connectivity index (χ2n) is 4.74. The molecule has 98 valence electrons. The Labute approximate surface area is 103 Å². The first-order valence-corrected chi connectivity index (χ1v) is 6.39. The first kappa shape index (κ1) is 13.8. The lowest BCUT2D eigenvalue weighted by Crippen LogP contribution is -2.48. The van der Waals surface area contributed by atoms with Crippen molar-refractivity contribution in [2.45, 2.75) is 52.0 Å². The third kappa shape index (κ3) is 3.35. The van der Waals surface area contributed by atoms with Gasteiger partial charge in [0.25, 0.3) is 0 Å². The minimum atomic E-state index is -0.467. The maximum Gasteiger partial charge on any atom is 0.233 e. The van der Waals surface area contributed by atoms with Gasteiger partial charge in [0, 0.05) is 12.6 Å². The summed E-state index contributed by atoms with van der Waals surface area (Å²) in [4.78, 5) is 14.2. The molecule has 0 saturated carbocycles. The van der Waals surface area contributed by atoms with Crippen LogP contribution in [0.4, 0.5) is 0 Å². The lowest BCUT2D eigenvalue weighted by atomic mass is 9.96. The predicted molar refractivity (Wildman–Crippen MR) is 66.8 cm³/mol. The number of oxime groups is 1. The van der Waals surface area contributed by atoms with Gasteiger partial charge in [-0.1, -0.05) is 18.5 Å². The third-order valence-electron chi connectivity index (χ3n) is 3.43. The lowest BCUT2D eigenvalue weighted by molar-refractivity contribution is -0.136. The monoisotopic (exact) mass is 241 g/mol. The average molecular weight is 241 g/mol. The molecule has 0 radical (unpaired) electrons. The van der Waals surface area contributed by atoms with Crippen LogP contribution in [-0.2, 0) is 4.79 Å². The zero-order valence-electron chi connectivity index (χ0n) is 10.7. The Balaban J connectivity index is 2.75. The highest BCUT2D eigenvalue weighted by Crippen LogP contribution is 2.20. The van der Waals surface area contributed by atoms with Gasteiger partial charge in [-0.2, -0.15) is 0 Å². The second-order valence-corrected chi connectivity index (χ2v) is 4.74. The fourth-order valence-corrected chi connectivity index (χ4v) is 2.38. The number of hydrogen-bond donors (Lipinski definition) is 2. The van der Waals surface area contributed by atoms with Crippen molar-refractivity contribution in [1.82, 2.24) is 4.90 Å². The summed E-state index contributed by atoms with van der Waals surface area (Å²) < 4.78 is 0. The molecule has 1 saturated heterocycles. The van der Waals surface area contributed by atoms with Crippen molar-refractivity contribution in [3.05, 3.63) is 0 Å². The summed E-state index contributed by atoms with van der Waals surface area (Å²) in [5.41, 5.74) is 5.61. The average Bonchev–Trinajstić information content (AvgIpc) is 2.35. The molecule has 17 heavy (non-hydrogen) atoms. The van der Waals surface area contributed by atoms with E-state index in [9.17, 15) is 4.79 Å². The van der Waals surface area contributed by atoms with Crippen molar-refractivity contribution in [2.75, 3.05) is 6.54 Å². The Hall–Kier alpha value is -1.26. The standard InChI is InChI=1S/C12H23N3O2/c1-3-6-10(11(13)14-17)12(16)15-8-5-4-7-9(15)2/h9-10,17H,3-8H2,1-2H3,(H2,13,14). The zero-order valence-corrected chi connectivity index (χ0v) is 10.7. The normalized spacial score (nSPS) is 23.5. The highest BCUT2D eigenvalue weighted by atomic mass is 16.4. The minimum Gasteiger partial charge on any atom is -0.409 e. The summed E-state index contributed by atoms with van der Waals surface area (Å²) in [5.74, 6) is -0.422. The molecule has 0 aromatic rings. The molecule has 2 unspecified atom stereocenters. The molecule has 0 aliphatic carbocycles. The molecule has 1 rings (SSSR count). The Morgan fingerprint density at radius 3 is 2.82 bits per heavy atom. The molecule has 1 heterocycles. The van der Waals surface area contributed by atoms with Gasteiger partial charge in [-0.3, -0.25) is 4.79 Å². The molecular weight excluding hydrogens is 218 g/mol. The van der Waals surface area contributed by atoms with Crippen LogP contribution in [0.3, 0.4) is 0 Å². The minimum absolute atomic E-state index is 0.00866. The Morgan fingerprint density at radius 1 is 1.59 bits per heavy atom. The number of piperidine rings is 1. The van der Waals surface area contributed by atoms with Crippen molar-refractivity contribution in [3.8, 4) is 0 Å². The van der Waals surface area contributed by atoms with Crippen molar-refractivity contribution >= 4 is 11.7 Å². The van der Waals surface area contributed by atoms with Crippen LogP contribution < -0.4 is 5.73 Å². The van der Waals surface area contributed by atoms with E-state index in [1.807, 2.05) is 11.8 Å². The number of amidine groups is 1. The van der Waals surface area contributed by atoms with Crippen LogP contribution in [0.5, 0.6) is 0 Å². The van der Waals surface area contributed by atoms with Crippen molar-refractivity contribution < 1.29 is 10.0 Å². The van der Waals surface area contributed by atoms with Gasteiger partial charge in [0.1, 0.15) is 0 Å². The van der Waals surface area contributed by atoms with Gasteiger partial charge in [0.05, 0.1) is 5.92 Å². The van der Waals surface area contributed by atoms with Crippen molar-refractivity contribution in [1.29, 1.82) is 0 Å². The number of amides is 1. The molecule has 5 heteroatoms. The fraction of sp³-hybridized carbons (Fsp3) is 0.833. The van der Waals surface area contributed by atoms with Crippen molar-refractivity contribution in [3.63, 3.8) is 0 Å². The molecule has 3 N–H and O–H groups in total. The van der Waals surface area contributed by atoms with E-state index >= 15 is 0 Å². The van der Waals surface area contributed by atoms with Gasteiger partial charge in [0.15, 0.2) is 5.84 Å². The summed E-state index contributed by atoms with van der Waals surface area (Å²) in [7, 11) is 0. The number of likely N-dealkylation sites (tertiary alicyclic amines) is 1. The maximum atomic E-state index is 12.4. The summed E-state index contributed by atoms with van der Waals surface area (Å²) >= 11 is 0. The SMILES string of the molecule is CCCC(C(=O)N1CCCCC1C)C(N)=NO. The van der Waals surface area contributed by atoms with Gasteiger partial charge in [-0.05, 0) is 32.6 Å². The molecule has 1 fully saturated rings. The van der Waals surface area contributed by atoms with Crippen LogP contribution in [-0.4, -0.2) is 34.4 Å². The van der Waals surface area contributed by atoms with Gasteiger partial charge >= 0.3 is 0 Å². The molecule has 2 atom stereocenters. The number of nitrogens with two attached hydrogens (primary N) is 1. The van der Waals surface area contributed by atoms with E-state index in [0.717, 1.165) is 25.8 Å². The maximum absolute atomic E-state index is 12.4. The van der Waals surface area contributed by atoms with E-state index in [2.05, 4.69) is 12.1 Å². The molecule has 1 amide bonds. The van der Waals surface area contributed by atoms with E-state index in [1.165, 1.54) is 6.42 Å². The van der Waals surface area contributed by atoms with Gasteiger partial charge < -0.3 is 15.8 Å². The number of hydrogen-bond acceptors (Lipinski definition) is 3. The molecule has 0 bridgehead atoms. The molecule has 5 nitrogen and oxygen atoms in total. The molecule has 0 aromatic carbocycles. The van der Waals surface area contributed by atoms with Crippen LogP contribution in [0.15, 0.2) is 5.16 Å². The zero-order chi connectivity index (χ0) is 12.8. The number of nitrogens with zero attached hydrogens (tertiary/aromatic N) is 2. The van der Waals surface area contributed by atoms with Crippen molar-refractivity contribution in [2.24, 2.45) is 16.8 Å². The summed E-state index contributed by atoms with van der Waals surface area (Å²) in [6.45, 7) is 4.84. The highest BCUT2D eigenvalue weighted by Gasteiger charge is 2.31. The van der Waals surface area contributed by atoms with Crippen LogP contribution in [0, 0.1) is 5.92 Å². The van der Waals surface area contributed by atoms with E-state index in [4.69, 9.17) is 10.9 Å². The quantitative estimate of drug-likeness (QED) is 0.339. The smallest absolute Gasteiger partial charge is 0.233 e. The molecular formula is C12H23N3O2. The highest BCUT2D eigenvalue weighted by molar-refractivity contribution is 6.02. The van der Waals surface area contributed by atoms with E-state index in [1.54, 1.807) is 0 Å². The fourth-order valence-electron chi connectivity index (χ4n) is 2.38. The number of carbonyl (C=O) groups excluding carboxylic acids is 1. The van der Waals surface area contributed by atoms with Gasteiger partial charge in [0.2, 0.25) is 5.91 Å². The molecule has 0 aromatic heterocycles. The first-order chi connectivity index (χ1) is 8.11. The van der Waals surface area contributed by atoms with Crippen LogP contribution in [0.1, 0.15) is 46.0 Å². The van der Waals surface area contributed by atoms with E-state index in [0.29, 0.717) is 6.42 Å². The topological polar surface area (TPSA) is 78.9 Å². The Kier molecular flexibility index (Phi) is 5.25. The van der Waals surface area contributed by atoms with Gasteiger partial charge in [-0.15, -0.1) is 0 Å². The van der Waals surface area contributed by atoms with Gasteiger partial charge in [-0.25, -0.2) is 0 Å². The van der Waals surface area contributed by atoms with Crippen LogP contribution in [0.25, 0.3) is 0 Å².